The Morgan fingerprint density at radius 1 is 0.907 bits per heavy atom. The van der Waals surface area contributed by atoms with Gasteiger partial charge in [-0.1, -0.05) is 41.9 Å². The molecule has 2 aromatic heterocycles. The number of aliphatic hydroxyl groups is 1. The molecular formula is C31H28ClN5O6. The van der Waals surface area contributed by atoms with Crippen LogP contribution in [-0.2, 0) is 16.1 Å². The molecule has 4 aromatic rings. The predicted molar refractivity (Wildman–Crippen MR) is 161 cm³/mol. The maximum Gasteiger partial charge on any atom is 0.325 e. The number of hydrogen-bond acceptors (Lipinski definition) is 9. The molecule has 0 spiro atoms. The molecule has 0 aliphatic heterocycles. The topological polar surface area (TPSA) is 160 Å². The van der Waals surface area contributed by atoms with Crippen LogP contribution in [0.2, 0.25) is 5.02 Å². The minimum atomic E-state index is -0.873. The van der Waals surface area contributed by atoms with E-state index in [0.29, 0.717) is 39.4 Å². The van der Waals surface area contributed by atoms with Gasteiger partial charge in [-0.05, 0) is 53.9 Å². The van der Waals surface area contributed by atoms with Crippen LogP contribution >= 0.6 is 11.6 Å². The number of carbonyl (C=O) groups is 4. The molecule has 0 aliphatic rings. The molecule has 2 heterocycles. The van der Waals surface area contributed by atoms with Crippen molar-refractivity contribution in [2.24, 2.45) is 0 Å². The Kier molecular flexibility index (Phi) is 10.3. The molecule has 43 heavy (non-hydrogen) atoms. The first-order valence-electron chi connectivity index (χ1n) is 13.0. The van der Waals surface area contributed by atoms with Crippen molar-refractivity contribution in [2.45, 2.75) is 19.5 Å². The number of carbonyl (C=O) groups excluding carboxylic acids is 4. The zero-order valence-corrected chi connectivity index (χ0v) is 24.0. The SMILES string of the molecule is COC(=O)[C@H](CO)NCc1ccc(C(=O)Nc2cccc(-c3cccc(NC(=O)c4ccc(C=O)cn4)c3C)c2Cl)nc1. The monoisotopic (exact) mass is 601 g/mol. The Balaban J connectivity index is 1.47. The van der Waals surface area contributed by atoms with Crippen LogP contribution in [0.3, 0.4) is 0 Å². The molecule has 0 bridgehead atoms. The zero-order chi connectivity index (χ0) is 30.9. The number of aliphatic hydroxyl groups excluding tert-OH is 1. The molecule has 0 fully saturated rings. The molecule has 0 saturated heterocycles. The maximum atomic E-state index is 13.0. The fourth-order valence-electron chi connectivity index (χ4n) is 4.15. The summed E-state index contributed by atoms with van der Waals surface area (Å²) < 4.78 is 4.63. The number of methoxy groups -OCH3 is 1. The first kappa shape index (κ1) is 31.0. The van der Waals surface area contributed by atoms with E-state index in [1.54, 1.807) is 36.4 Å². The lowest BCUT2D eigenvalue weighted by Crippen LogP contribution is -2.40. The number of ether oxygens (including phenoxy) is 1. The minimum Gasteiger partial charge on any atom is -0.468 e. The molecule has 4 rings (SSSR count). The van der Waals surface area contributed by atoms with Gasteiger partial charge in [-0.15, -0.1) is 0 Å². The lowest BCUT2D eigenvalue weighted by molar-refractivity contribution is -0.144. The first-order chi connectivity index (χ1) is 20.7. The van der Waals surface area contributed by atoms with Gasteiger partial charge in [0.15, 0.2) is 6.29 Å². The number of benzene rings is 2. The molecule has 0 unspecified atom stereocenters. The van der Waals surface area contributed by atoms with E-state index in [1.807, 2.05) is 13.0 Å². The van der Waals surface area contributed by atoms with Gasteiger partial charge in [0.1, 0.15) is 17.4 Å². The summed E-state index contributed by atoms with van der Waals surface area (Å²) in [6, 6.07) is 15.9. The minimum absolute atomic E-state index is 0.146. The summed E-state index contributed by atoms with van der Waals surface area (Å²) in [6.07, 6.45) is 3.46. The van der Waals surface area contributed by atoms with E-state index in [0.717, 1.165) is 11.1 Å². The highest BCUT2D eigenvalue weighted by molar-refractivity contribution is 6.36. The van der Waals surface area contributed by atoms with Crippen LogP contribution in [0.25, 0.3) is 11.1 Å². The smallest absolute Gasteiger partial charge is 0.325 e. The van der Waals surface area contributed by atoms with Crippen molar-refractivity contribution in [2.75, 3.05) is 24.4 Å². The number of halogens is 1. The number of esters is 1. The Morgan fingerprint density at radius 2 is 1.53 bits per heavy atom. The second-order valence-corrected chi connectivity index (χ2v) is 9.72. The summed E-state index contributed by atoms with van der Waals surface area (Å²) in [5.74, 6) is -1.50. The highest BCUT2D eigenvalue weighted by Crippen LogP contribution is 2.37. The Morgan fingerprint density at radius 3 is 2.12 bits per heavy atom. The third-order valence-electron chi connectivity index (χ3n) is 6.55. The molecule has 0 radical (unpaired) electrons. The highest BCUT2D eigenvalue weighted by atomic mass is 35.5. The Hall–Kier alpha value is -4.97. The molecule has 2 aromatic carbocycles. The number of rotatable bonds is 11. The second-order valence-electron chi connectivity index (χ2n) is 9.34. The van der Waals surface area contributed by atoms with Crippen molar-refractivity contribution in [3.63, 3.8) is 0 Å². The van der Waals surface area contributed by atoms with Crippen LogP contribution in [0, 0.1) is 6.92 Å². The van der Waals surface area contributed by atoms with Gasteiger partial charge in [0.25, 0.3) is 11.8 Å². The number of pyridine rings is 2. The van der Waals surface area contributed by atoms with Gasteiger partial charge in [0.2, 0.25) is 0 Å². The van der Waals surface area contributed by atoms with Crippen molar-refractivity contribution in [3.05, 3.63) is 106 Å². The van der Waals surface area contributed by atoms with Crippen molar-refractivity contribution in [1.29, 1.82) is 0 Å². The van der Waals surface area contributed by atoms with Crippen LogP contribution < -0.4 is 16.0 Å². The van der Waals surface area contributed by atoms with E-state index < -0.39 is 30.4 Å². The first-order valence-corrected chi connectivity index (χ1v) is 13.4. The summed E-state index contributed by atoms with van der Waals surface area (Å²) in [5.41, 5.74) is 4.40. The number of anilines is 2. The van der Waals surface area contributed by atoms with Gasteiger partial charge in [-0.3, -0.25) is 34.5 Å². The van der Waals surface area contributed by atoms with E-state index in [-0.39, 0.29) is 17.9 Å². The molecule has 0 aliphatic carbocycles. The van der Waals surface area contributed by atoms with Crippen LogP contribution in [0.1, 0.15) is 42.5 Å². The number of nitrogens with one attached hydrogen (secondary N) is 3. The van der Waals surface area contributed by atoms with Crippen molar-refractivity contribution in [3.8, 4) is 11.1 Å². The molecule has 1 atom stereocenters. The Labute approximate surface area is 252 Å². The van der Waals surface area contributed by atoms with Crippen molar-refractivity contribution in [1.82, 2.24) is 15.3 Å². The van der Waals surface area contributed by atoms with Gasteiger partial charge in [-0.2, -0.15) is 0 Å². The van der Waals surface area contributed by atoms with E-state index in [9.17, 15) is 24.3 Å². The summed E-state index contributed by atoms with van der Waals surface area (Å²) in [7, 11) is 1.24. The third-order valence-corrected chi connectivity index (χ3v) is 6.96. The van der Waals surface area contributed by atoms with Crippen LogP contribution in [0.15, 0.2) is 73.1 Å². The molecule has 12 heteroatoms. The van der Waals surface area contributed by atoms with E-state index in [1.165, 1.54) is 37.7 Å². The van der Waals surface area contributed by atoms with Crippen LogP contribution in [-0.4, -0.2) is 58.9 Å². The second kappa shape index (κ2) is 14.3. The van der Waals surface area contributed by atoms with E-state index in [2.05, 4.69) is 30.7 Å². The predicted octanol–water partition coefficient (Wildman–Crippen LogP) is 4.05. The van der Waals surface area contributed by atoms with Crippen LogP contribution in [0.5, 0.6) is 0 Å². The van der Waals surface area contributed by atoms with E-state index in [4.69, 9.17) is 11.6 Å². The molecule has 0 saturated carbocycles. The summed E-state index contributed by atoms with van der Waals surface area (Å²) in [6.45, 7) is 1.64. The van der Waals surface area contributed by atoms with Crippen molar-refractivity contribution >= 4 is 47.0 Å². The summed E-state index contributed by atoms with van der Waals surface area (Å²) in [5, 5.41) is 18.1. The third kappa shape index (κ3) is 7.46. The maximum absolute atomic E-state index is 13.0. The average molecular weight is 602 g/mol. The number of aldehydes is 1. The van der Waals surface area contributed by atoms with Gasteiger partial charge in [-0.25, -0.2) is 0 Å². The quantitative estimate of drug-likeness (QED) is 0.147. The van der Waals surface area contributed by atoms with E-state index >= 15 is 0 Å². The standard InChI is InChI=1S/C31H28ClN5O6/c1-18-21(5-3-7-23(18)36-29(40)26-12-10-20(16-38)15-34-26)22-6-4-8-24(28(22)32)37-30(41)25-11-9-19(13-33-25)14-35-27(17-39)31(42)43-2/h3-13,15-16,27,35,39H,14,17H2,1-2H3,(H,36,40)(H,37,41)/t27-/m0/s1. The number of amides is 2. The van der Waals surface area contributed by atoms with Gasteiger partial charge < -0.3 is 20.5 Å². The number of aromatic nitrogens is 2. The highest BCUT2D eigenvalue weighted by Gasteiger charge is 2.19. The van der Waals surface area contributed by atoms with Gasteiger partial charge in [0, 0.05) is 35.8 Å². The Bertz CT molecular complexity index is 1640. The number of hydrogen-bond donors (Lipinski definition) is 4. The molecule has 11 nitrogen and oxygen atoms in total. The molecule has 220 valence electrons. The molecular weight excluding hydrogens is 574 g/mol. The lowest BCUT2D eigenvalue weighted by atomic mass is 9.98. The summed E-state index contributed by atoms with van der Waals surface area (Å²) >= 11 is 6.75. The number of nitrogens with zero attached hydrogens (tertiary/aromatic N) is 2. The normalized spacial score (nSPS) is 11.3. The average Bonchev–Trinajstić information content (AvgIpc) is 3.03. The lowest BCUT2D eigenvalue weighted by Gasteiger charge is -2.16. The van der Waals surface area contributed by atoms with Crippen molar-refractivity contribution < 1.29 is 29.0 Å². The molecule has 4 N–H and O–H groups in total. The van der Waals surface area contributed by atoms with Gasteiger partial charge >= 0.3 is 5.97 Å². The fourth-order valence-corrected chi connectivity index (χ4v) is 4.43. The van der Waals surface area contributed by atoms with Crippen LogP contribution in [0.4, 0.5) is 11.4 Å². The summed E-state index contributed by atoms with van der Waals surface area (Å²) in [4.78, 5) is 56.4. The fraction of sp³-hybridized carbons (Fsp3) is 0.161. The zero-order valence-electron chi connectivity index (χ0n) is 23.3. The molecule has 2 amide bonds. The largest absolute Gasteiger partial charge is 0.468 e. The van der Waals surface area contributed by atoms with Gasteiger partial charge in [0.05, 0.1) is 24.4 Å².